The summed E-state index contributed by atoms with van der Waals surface area (Å²) in [4.78, 5) is 0. The summed E-state index contributed by atoms with van der Waals surface area (Å²) in [6.45, 7) is 0. The SMILES string of the molecule is O.[O-]O[O-].[O-]O[O-].[O-]O[O-].[O-]O[O-].[O-]O[O-].[V].[V]. The van der Waals surface area contributed by atoms with E-state index < -0.39 is 0 Å². The molecule has 0 fully saturated rings. The molecule has 0 amide bonds. The average molecular weight is 360 g/mol. The van der Waals surface area contributed by atoms with Crippen LogP contribution >= 0.6 is 0 Å². The average Bonchev–Trinajstić information content (AvgIpc) is 2.09. The molecule has 0 aliphatic heterocycles. The van der Waals surface area contributed by atoms with Gasteiger partial charge in [0.2, 0.25) is 0 Å². The van der Waals surface area contributed by atoms with E-state index in [9.17, 15) is 0 Å². The van der Waals surface area contributed by atoms with Gasteiger partial charge in [-0.3, -0.25) is 0 Å². The van der Waals surface area contributed by atoms with Gasteiger partial charge < -0.3 is 83.2 Å². The molecule has 0 spiro atoms. The van der Waals surface area contributed by atoms with Gasteiger partial charge in [0, 0.05) is 37.1 Å². The number of hydrogen-bond donors (Lipinski definition) is 0. The van der Waals surface area contributed by atoms with Gasteiger partial charge in [-0.2, -0.15) is 0 Å². The molecular weight excluding hydrogens is 358 g/mol. The van der Waals surface area contributed by atoms with Crippen LogP contribution in [0.1, 0.15) is 0 Å². The Labute approximate surface area is 121 Å². The summed E-state index contributed by atoms with van der Waals surface area (Å²) in [5.74, 6) is 0. The van der Waals surface area contributed by atoms with Gasteiger partial charge in [-0.25, -0.2) is 0 Å². The van der Waals surface area contributed by atoms with Gasteiger partial charge in [-0.05, 0) is 0 Å². The first-order valence-corrected chi connectivity index (χ1v) is 1.67. The molecule has 0 aliphatic rings. The minimum absolute atomic E-state index is 0. The molecule has 18 heavy (non-hydrogen) atoms. The van der Waals surface area contributed by atoms with Crippen molar-refractivity contribution in [2.45, 2.75) is 0 Å². The van der Waals surface area contributed by atoms with Gasteiger partial charge in [-0.15, -0.1) is 0 Å². The summed E-state index contributed by atoms with van der Waals surface area (Å²) in [5, 5.41) is 87.5. The summed E-state index contributed by atoms with van der Waals surface area (Å²) < 4.78 is 0. The van der Waals surface area contributed by atoms with Crippen molar-refractivity contribution in [2.24, 2.45) is 0 Å². The molecule has 2 radical (unpaired) electrons. The van der Waals surface area contributed by atoms with Gasteiger partial charge in [0.1, 0.15) is 0 Å². The Morgan fingerprint density at radius 1 is 0.333 bits per heavy atom. The van der Waals surface area contributed by atoms with Crippen LogP contribution in [-0.4, -0.2) is 5.48 Å². The van der Waals surface area contributed by atoms with Gasteiger partial charge in [0.15, 0.2) is 0 Å². The van der Waals surface area contributed by atoms with E-state index in [0.29, 0.717) is 0 Å². The van der Waals surface area contributed by atoms with Crippen LogP contribution in [0, 0.1) is 0 Å². The van der Waals surface area contributed by atoms with Gasteiger partial charge in [-0.1, -0.05) is 0 Å². The van der Waals surface area contributed by atoms with Crippen molar-refractivity contribution in [2.75, 3.05) is 0 Å². The molecule has 0 aromatic heterocycles. The molecule has 0 saturated heterocycles. The monoisotopic (exact) mass is 360 g/mol. The molecule has 18 heteroatoms. The summed E-state index contributed by atoms with van der Waals surface area (Å²) in [7, 11) is 0. The summed E-state index contributed by atoms with van der Waals surface area (Å²) >= 11 is 0. The second-order valence-electron chi connectivity index (χ2n) is 0.340. The Kier molecular flexibility index (Phi) is 447. The molecule has 0 unspecified atom stereocenters. The standard InChI is InChI=1S/5H2O3.H2O.2V/c5*1-3-2;;;/h5*1-2H;1H2;;/p-10. The fraction of sp³-hybridized carbons (Fsp3) is 0. The third-order valence-corrected chi connectivity index (χ3v) is 0. The zero-order valence-corrected chi connectivity index (χ0v) is 10.3. The van der Waals surface area contributed by atoms with Crippen molar-refractivity contribution in [1.29, 1.82) is 0 Å². The topological polar surface area (TPSA) is 308 Å². The van der Waals surface area contributed by atoms with Crippen LogP contribution in [0.25, 0.3) is 0 Å². The van der Waals surface area contributed by atoms with E-state index in [1.807, 2.05) is 0 Å². The minimum Gasteiger partial charge on any atom is -0.734 e. The molecule has 2 N–H and O–H groups in total. The normalized spacial score (nSPS) is 5.00. The van der Waals surface area contributed by atoms with Crippen molar-refractivity contribution in [3.63, 3.8) is 0 Å². The smallest absolute Gasteiger partial charge is 0 e. The first-order valence-electron chi connectivity index (χ1n) is 1.67. The summed E-state index contributed by atoms with van der Waals surface area (Å²) in [6.07, 6.45) is 0. The van der Waals surface area contributed by atoms with Gasteiger partial charge in [0.05, 0.1) is 0 Å². The van der Waals surface area contributed by atoms with Crippen LogP contribution in [0.2, 0.25) is 0 Å². The number of hydrogen-bond acceptors (Lipinski definition) is 15. The molecule has 0 aromatic rings. The van der Waals surface area contributed by atoms with E-state index in [1.165, 1.54) is 0 Å². The predicted octanol–water partition coefficient (Wildman–Crippen LogP) is -13.1. The Bertz CT molecular complexity index is 20.7. The first-order chi connectivity index (χ1) is 7.07. The Balaban J connectivity index is -0.0000000111. The van der Waals surface area contributed by atoms with E-state index >= 15 is 0 Å². The van der Waals surface area contributed by atoms with Crippen LogP contribution in [0.3, 0.4) is 0 Å². The third-order valence-electron chi connectivity index (χ3n) is 0. The van der Waals surface area contributed by atoms with E-state index in [4.69, 9.17) is 52.6 Å². The van der Waals surface area contributed by atoms with Crippen molar-refractivity contribution in [3.05, 3.63) is 0 Å². The molecule has 0 aromatic carbocycles. The fourth-order valence-electron chi connectivity index (χ4n) is 0. The van der Waals surface area contributed by atoms with Crippen LogP contribution in [0.5, 0.6) is 0 Å². The zero-order chi connectivity index (χ0) is 13.5. The molecule has 118 valence electrons. The Morgan fingerprint density at radius 2 is 0.333 bits per heavy atom. The van der Waals surface area contributed by atoms with Crippen LogP contribution in [0.4, 0.5) is 0 Å². The summed E-state index contributed by atoms with van der Waals surface area (Å²) in [5.41, 5.74) is 0. The zero-order valence-electron chi connectivity index (χ0n) is 7.52. The number of rotatable bonds is 0. The minimum atomic E-state index is 0. The maximum atomic E-state index is 7.88. The molecule has 0 atom stereocenters. The molecular formula is H2O16V2-10. The first kappa shape index (κ1) is 51.4. The quantitative estimate of drug-likeness (QED) is 0.286. The van der Waals surface area contributed by atoms with Crippen molar-refractivity contribution in [1.82, 2.24) is 0 Å². The molecule has 0 heterocycles. The molecule has 16 nitrogen and oxygen atoms in total. The van der Waals surface area contributed by atoms with Crippen molar-refractivity contribution >= 4 is 0 Å². The largest absolute Gasteiger partial charge is 0.734 e. The van der Waals surface area contributed by atoms with Crippen LogP contribution in [0.15, 0.2) is 0 Å². The maximum Gasteiger partial charge on any atom is 0 e. The molecule has 0 saturated carbocycles. The van der Waals surface area contributed by atoms with E-state index in [-0.39, 0.29) is 42.6 Å². The van der Waals surface area contributed by atoms with Gasteiger partial charge >= 0.3 is 0 Å². The van der Waals surface area contributed by atoms with Crippen LogP contribution < -0.4 is 52.6 Å². The fourth-order valence-corrected chi connectivity index (χ4v) is 0. The molecule has 0 rings (SSSR count). The second kappa shape index (κ2) is 157. The van der Waals surface area contributed by atoms with Gasteiger partial charge in [0.25, 0.3) is 0 Å². The predicted molar refractivity (Wildman–Crippen MR) is 9.04 cm³/mol. The molecule has 0 bridgehead atoms. The molecule has 0 aliphatic carbocycles. The van der Waals surface area contributed by atoms with E-state index in [0.717, 1.165) is 0 Å². The van der Waals surface area contributed by atoms with Crippen molar-refractivity contribution in [3.8, 4) is 0 Å². The van der Waals surface area contributed by atoms with Crippen LogP contribution in [-0.2, 0) is 62.3 Å². The van der Waals surface area contributed by atoms with E-state index in [2.05, 4.69) is 0 Å². The van der Waals surface area contributed by atoms with Crippen molar-refractivity contribution < 1.29 is 120 Å². The Morgan fingerprint density at radius 3 is 0.333 bits per heavy atom. The Hall–Kier alpha value is 0.529. The van der Waals surface area contributed by atoms with E-state index in [1.54, 1.807) is 25.2 Å². The third kappa shape index (κ3) is 14300. The second-order valence-corrected chi connectivity index (χ2v) is 0.340. The maximum absolute atomic E-state index is 7.88. The summed E-state index contributed by atoms with van der Waals surface area (Å²) in [6, 6.07) is 0.